The van der Waals surface area contributed by atoms with Crippen LogP contribution in [0.3, 0.4) is 0 Å². The van der Waals surface area contributed by atoms with E-state index in [2.05, 4.69) is 18.9 Å². The lowest BCUT2D eigenvalue weighted by Gasteiger charge is -2.15. The van der Waals surface area contributed by atoms with Crippen molar-refractivity contribution in [1.82, 2.24) is 4.90 Å². The Labute approximate surface area is 111 Å². The second-order valence-corrected chi connectivity index (χ2v) is 4.60. The van der Waals surface area contributed by atoms with Crippen molar-refractivity contribution in [3.05, 3.63) is 0 Å². The third-order valence-corrected chi connectivity index (χ3v) is 2.75. The average Bonchev–Trinajstić information content (AvgIpc) is 2.17. The Hall–Kier alpha value is 0.210. The minimum atomic E-state index is -0.216. The number of carbonyl (C=O) groups is 1. The molecule has 0 aliphatic carbocycles. The van der Waals surface area contributed by atoms with Gasteiger partial charge in [-0.3, -0.25) is 4.79 Å². The first kappa shape index (κ1) is 18.6. The highest BCUT2D eigenvalue weighted by molar-refractivity contribution is 6.63. The van der Waals surface area contributed by atoms with Crippen LogP contribution in [0, 0.1) is 0 Å². The fraction of sp³-hybridized carbons (Fsp3) is 0.917. The maximum absolute atomic E-state index is 10.5. The van der Waals surface area contributed by atoms with Crippen LogP contribution in [0.1, 0.15) is 51.9 Å². The maximum atomic E-state index is 10.5. The van der Waals surface area contributed by atoms with Crippen LogP contribution in [0.5, 0.6) is 0 Å². The molecule has 0 rings (SSSR count). The molecule has 0 unspecified atom stereocenters. The van der Waals surface area contributed by atoms with Gasteiger partial charge >= 0.3 is 0 Å². The summed E-state index contributed by atoms with van der Waals surface area (Å²) < 4.78 is 0. The van der Waals surface area contributed by atoms with Crippen LogP contribution in [0.4, 0.5) is 0 Å². The van der Waals surface area contributed by atoms with Gasteiger partial charge in [0.2, 0.25) is 5.24 Å². The molecule has 0 N–H and O–H groups in total. The zero-order chi connectivity index (χ0) is 11.5. The third kappa shape index (κ3) is 14.2. The van der Waals surface area contributed by atoms with E-state index in [1.54, 1.807) is 0 Å². The van der Waals surface area contributed by atoms with Crippen LogP contribution in [0.15, 0.2) is 0 Å². The fourth-order valence-electron chi connectivity index (χ4n) is 1.59. The Bertz CT molecular complexity index is 165. The molecule has 0 bridgehead atoms. The van der Waals surface area contributed by atoms with Crippen molar-refractivity contribution in [2.24, 2.45) is 0 Å². The molecule has 0 aromatic carbocycles. The minimum Gasteiger partial charge on any atom is -0.306 e. The first-order valence-corrected chi connectivity index (χ1v) is 6.41. The van der Waals surface area contributed by atoms with Crippen LogP contribution in [-0.2, 0) is 4.79 Å². The largest absolute Gasteiger partial charge is 0.306 e. The SMILES string of the molecule is CCCCCCCN(C)CCCC(=O)Cl.Cl. The summed E-state index contributed by atoms with van der Waals surface area (Å²) in [5.74, 6) is 0. The van der Waals surface area contributed by atoms with E-state index in [1.807, 2.05) is 0 Å². The number of nitrogens with zero attached hydrogens (tertiary/aromatic N) is 1. The summed E-state index contributed by atoms with van der Waals surface area (Å²) >= 11 is 5.27. The highest BCUT2D eigenvalue weighted by atomic mass is 35.5. The number of unbranched alkanes of at least 4 members (excludes halogenated alkanes) is 4. The Kier molecular flexibility index (Phi) is 15.4. The van der Waals surface area contributed by atoms with Crippen molar-refractivity contribution >= 4 is 29.3 Å². The quantitative estimate of drug-likeness (QED) is 0.444. The van der Waals surface area contributed by atoms with Crippen molar-refractivity contribution in [3.8, 4) is 0 Å². The lowest BCUT2D eigenvalue weighted by Crippen LogP contribution is -2.21. The summed E-state index contributed by atoms with van der Waals surface area (Å²) in [6, 6.07) is 0. The zero-order valence-corrected chi connectivity index (χ0v) is 12.1. The summed E-state index contributed by atoms with van der Waals surface area (Å²) in [4.78, 5) is 12.8. The highest BCUT2D eigenvalue weighted by Gasteiger charge is 2.00. The first-order chi connectivity index (χ1) is 7.16. The topological polar surface area (TPSA) is 20.3 Å². The summed E-state index contributed by atoms with van der Waals surface area (Å²) in [6.45, 7) is 4.35. The van der Waals surface area contributed by atoms with Gasteiger partial charge in [0.05, 0.1) is 0 Å². The van der Waals surface area contributed by atoms with E-state index in [0.717, 1.165) is 19.5 Å². The average molecular weight is 270 g/mol. The second-order valence-electron chi connectivity index (χ2n) is 4.18. The Morgan fingerprint density at radius 1 is 1.06 bits per heavy atom. The van der Waals surface area contributed by atoms with Crippen molar-refractivity contribution in [2.75, 3.05) is 20.1 Å². The van der Waals surface area contributed by atoms with E-state index < -0.39 is 0 Å². The predicted molar refractivity (Wildman–Crippen MR) is 73.6 cm³/mol. The molecule has 0 saturated carbocycles. The van der Waals surface area contributed by atoms with Crippen molar-refractivity contribution < 1.29 is 4.79 Å². The Morgan fingerprint density at radius 2 is 1.62 bits per heavy atom. The first-order valence-electron chi connectivity index (χ1n) is 6.03. The van der Waals surface area contributed by atoms with E-state index in [1.165, 1.54) is 32.1 Å². The number of hydrogen-bond donors (Lipinski definition) is 0. The van der Waals surface area contributed by atoms with Crippen LogP contribution in [0.25, 0.3) is 0 Å². The monoisotopic (exact) mass is 269 g/mol. The van der Waals surface area contributed by atoms with E-state index in [9.17, 15) is 4.79 Å². The van der Waals surface area contributed by atoms with E-state index in [0.29, 0.717) is 6.42 Å². The zero-order valence-electron chi connectivity index (χ0n) is 10.5. The molecule has 0 aromatic rings. The molecule has 0 aliphatic rings. The molecule has 0 aromatic heterocycles. The summed E-state index contributed by atoms with van der Waals surface area (Å²) in [5.41, 5.74) is 0. The smallest absolute Gasteiger partial charge is 0.221 e. The molecule has 0 radical (unpaired) electrons. The van der Waals surface area contributed by atoms with Gasteiger partial charge in [-0.15, -0.1) is 12.4 Å². The number of carbonyl (C=O) groups excluding carboxylic acids is 1. The lowest BCUT2D eigenvalue weighted by atomic mass is 10.1. The Balaban J connectivity index is 0. The minimum absolute atomic E-state index is 0. The standard InChI is InChI=1S/C12H24ClNO.ClH/c1-3-4-5-6-7-10-14(2)11-8-9-12(13)15;/h3-11H2,1-2H3;1H. The predicted octanol–water partition coefficient (Wildman–Crippen LogP) is 3.86. The third-order valence-electron chi connectivity index (χ3n) is 2.56. The summed E-state index contributed by atoms with van der Waals surface area (Å²) in [7, 11) is 2.11. The fourth-order valence-corrected chi connectivity index (χ4v) is 1.72. The van der Waals surface area contributed by atoms with Gasteiger partial charge in [-0.05, 0) is 44.6 Å². The van der Waals surface area contributed by atoms with Crippen molar-refractivity contribution in [2.45, 2.75) is 51.9 Å². The molecule has 0 aliphatic heterocycles. The lowest BCUT2D eigenvalue weighted by molar-refractivity contribution is -0.111. The summed E-state index contributed by atoms with van der Waals surface area (Å²) in [5, 5.41) is -0.216. The van der Waals surface area contributed by atoms with E-state index in [-0.39, 0.29) is 17.6 Å². The van der Waals surface area contributed by atoms with Crippen LogP contribution in [0.2, 0.25) is 0 Å². The molecular weight excluding hydrogens is 245 g/mol. The number of hydrogen-bond acceptors (Lipinski definition) is 2. The second kappa shape index (κ2) is 13.3. The van der Waals surface area contributed by atoms with Gasteiger partial charge in [-0.25, -0.2) is 0 Å². The van der Waals surface area contributed by atoms with Crippen LogP contribution >= 0.6 is 24.0 Å². The van der Waals surface area contributed by atoms with Crippen LogP contribution < -0.4 is 0 Å². The van der Waals surface area contributed by atoms with E-state index in [4.69, 9.17) is 11.6 Å². The molecule has 0 spiro atoms. The van der Waals surface area contributed by atoms with Gasteiger partial charge in [0, 0.05) is 6.42 Å². The molecule has 0 amide bonds. The van der Waals surface area contributed by atoms with Crippen molar-refractivity contribution in [1.29, 1.82) is 0 Å². The molecule has 0 heterocycles. The number of halogens is 2. The Morgan fingerprint density at radius 3 is 2.19 bits per heavy atom. The van der Waals surface area contributed by atoms with Gasteiger partial charge in [0.1, 0.15) is 0 Å². The molecule has 98 valence electrons. The van der Waals surface area contributed by atoms with Crippen molar-refractivity contribution in [3.63, 3.8) is 0 Å². The van der Waals surface area contributed by atoms with Crippen LogP contribution in [-0.4, -0.2) is 30.3 Å². The molecular formula is C12H25Cl2NO. The molecule has 0 saturated heterocycles. The summed E-state index contributed by atoms with van der Waals surface area (Å²) in [6.07, 6.45) is 7.98. The normalized spacial score (nSPS) is 10.2. The molecule has 0 atom stereocenters. The number of rotatable bonds is 10. The molecule has 0 fully saturated rings. The molecule has 2 nitrogen and oxygen atoms in total. The maximum Gasteiger partial charge on any atom is 0.221 e. The van der Waals surface area contributed by atoms with Gasteiger partial charge in [-0.2, -0.15) is 0 Å². The van der Waals surface area contributed by atoms with E-state index >= 15 is 0 Å². The molecule has 4 heteroatoms. The van der Waals surface area contributed by atoms with Gasteiger partial charge in [-0.1, -0.05) is 32.6 Å². The van der Waals surface area contributed by atoms with Gasteiger partial charge in [0.15, 0.2) is 0 Å². The highest BCUT2D eigenvalue weighted by Crippen LogP contribution is 2.04. The molecule has 16 heavy (non-hydrogen) atoms. The van der Waals surface area contributed by atoms with Gasteiger partial charge in [0.25, 0.3) is 0 Å². The van der Waals surface area contributed by atoms with Gasteiger partial charge < -0.3 is 4.90 Å².